The molecule has 0 bridgehead atoms. The second-order valence-corrected chi connectivity index (χ2v) is 5.83. The number of aryl methyl sites for hydroxylation is 1. The minimum absolute atomic E-state index is 0.481. The molecule has 19 heavy (non-hydrogen) atoms. The summed E-state index contributed by atoms with van der Waals surface area (Å²) >= 11 is 0. The van der Waals surface area contributed by atoms with Crippen molar-refractivity contribution in [1.82, 2.24) is 10.1 Å². The van der Waals surface area contributed by atoms with Gasteiger partial charge in [0.15, 0.2) is 5.82 Å². The smallest absolute Gasteiger partial charge is 0.229 e. The van der Waals surface area contributed by atoms with E-state index in [0.29, 0.717) is 5.92 Å². The van der Waals surface area contributed by atoms with E-state index in [4.69, 9.17) is 4.52 Å². The van der Waals surface area contributed by atoms with Gasteiger partial charge in [0, 0.05) is 12.3 Å². The Balaban J connectivity index is 1.69. The van der Waals surface area contributed by atoms with Gasteiger partial charge in [-0.05, 0) is 37.7 Å². The van der Waals surface area contributed by atoms with Crippen LogP contribution in [-0.4, -0.2) is 10.1 Å². The molecule has 0 saturated heterocycles. The lowest BCUT2D eigenvalue weighted by Crippen LogP contribution is -1.95. The first-order valence-electron chi connectivity index (χ1n) is 7.09. The molecule has 1 aliphatic carbocycles. The Morgan fingerprint density at radius 1 is 1.21 bits per heavy atom. The van der Waals surface area contributed by atoms with Crippen LogP contribution in [0.2, 0.25) is 0 Å². The molecule has 2 atom stereocenters. The van der Waals surface area contributed by atoms with E-state index in [1.54, 1.807) is 0 Å². The maximum Gasteiger partial charge on any atom is 0.229 e. The fourth-order valence-electron chi connectivity index (χ4n) is 2.83. The molecule has 1 heterocycles. The summed E-state index contributed by atoms with van der Waals surface area (Å²) in [6, 6.07) is 8.50. The van der Waals surface area contributed by atoms with Crippen LogP contribution in [0.4, 0.5) is 0 Å². The molecule has 0 aliphatic heterocycles. The number of rotatable bonds is 3. The van der Waals surface area contributed by atoms with Gasteiger partial charge in [-0.25, -0.2) is 0 Å². The van der Waals surface area contributed by atoms with Crippen molar-refractivity contribution in [3.05, 3.63) is 47.1 Å². The Hall–Kier alpha value is -1.64. The summed E-state index contributed by atoms with van der Waals surface area (Å²) < 4.78 is 5.43. The quantitative estimate of drug-likeness (QED) is 0.836. The predicted molar refractivity (Wildman–Crippen MR) is 74.0 cm³/mol. The standard InChI is InChI=1S/C16H20N2O/c1-11-3-6-13(7-4-11)10-15-17-16(19-18-15)14-8-5-12(2)9-14/h3-4,6-7,12,14H,5,8-10H2,1-2H3/t12-,14-/m0/s1. The average Bonchev–Trinajstić information content (AvgIpc) is 3.01. The zero-order chi connectivity index (χ0) is 13.2. The first-order valence-corrected chi connectivity index (χ1v) is 7.09. The van der Waals surface area contributed by atoms with Crippen molar-refractivity contribution in [2.75, 3.05) is 0 Å². The van der Waals surface area contributed by atoms with Crippen molar-refractivity contribution in [1.29, 1.82) is 0 Å². The average molecular weight is 256 g/mol. The van der Waals surface area contributed by atoms with E-state index in [9.17, 15) is 0 Å². The zero-order valence-corrected chi connectivity index (χ0v) is 11.6. The number of hydrogen-bond acceptors (Lipinski definition) is 3. The molecule has 1 fully saturated rings. The Bertz CT molecular complexity index is 544. The molecular weight excluding hydrogens is 236 g/mol. The molecule has 2 aromatic rings. The fraction of sp³-hybridized carbons (Fsp3) is 0.500. The third kappa shape index (κ3) is 2.86. The monoisotopic (exact) mass is 256 g/mol. The molecule has 0 amide bonds. The van der Waals surface area contributed by atoms with E-state index >= 15 is 0 Å². The number of hydrogen-bond donors (Lipinski definition) is 0. The topological polar surface area (TPSA) is 38.9 Å². The molecule has 0 radical (unpaired) electrons. The summed E-state index contributed by atoms with van der Waals surface area (Å²) in [5.74, 6) is 2.91. The third-order valence-electron chi connectivity index (χ3n) is 4.01. The molecule has 1 aliphatic rings. The molecule has 100 valence electrons. The summed E-state index contributed by atoms with van der Waals surface area (Å²) in [5.41, 5.74) is 2.51. The zero-order valence-electron chi connectivity index (χ0n) is 11.6. The predicted octanol–water partition coefficient (Wildman–Crippen LogP) is 3.87. The molecule has 0 N–H and O–H groups in total. The first kappa shape index (κ1) is 12.4. The Morgan fingerprint density at radius 2 is 2.00 bits per heavy atom. The van der Waals surface area contributed by atoms with Crippen molar-refractivity contribution < 1.29 is 4.52 Å². The van der Waals surface area contributed by atoms with Gasteiger partial charge in [0.25, 0.3) is 0 Å². The van der Waals surface area contributed by atoms with Gasteiger partial charge >= 0.3 is 0 Å². The highest BCUT2D eigenvalue weighted by Gasteiger charge is 2.27. The SMILES string of the molecule is Cc1ccc(Cc2noc([C@H]3CC[C@H](C)C3)n2)cc1. The van der Waals surface area contributed by atoms with Crippen molar-refractivity contribution in [2.24, 2.45) is 5.92 Å². The van der Waals surface area contributed by atoms with E-state index in [1.165, 1.54) is 30.4 Å². The van der Waals surface area contributed by atoms with Crippen molar-refractivity contribution >= 4 is 0 Å². The number of nitrogens with zero attached hydrogens (tertiary/aromatic N) is 2. The van der Waals surface area contributed by atoms with Crippen molar-refractivity contribution in [2.45, 2.75) is 45.4 Å². The van der Waals surface area contributed by atoms with Crippen LogP contribution < -0.4 is 0 Å². The van der Waals surface area contributed by atoms with Crippen molar-refractivity contribution in [3.63, 3.8) is 0 Å². The van der Waals surface area contributed by atoms with Crippen molar-refractivity contribution in [3.8, 4) is 0 Å². The van der Waals surface area contributed by atoms with Gasteiger partial charge in [-0.3, -0.25) is 0 Å². The van der Waals surface area contributed by atoms with Crippen LogP contribution in [0, 0.1) is 12.8 Å². The summed E-state index contributed by atoms with van der Waals surface area (Å²) in [4.78, 5) is 4.57. The van der Waals surface area contributed by atoms with E-state index in [0.717, 1.165) is 24.1 Å². The van der Waals surface area contributed by atoms with Crippen LogP contribution in [-0.2, 0) is 6.42 Å². The van der Waals surface area contributed by atoms with Gasteiger partial charge in [-0.1, -0.05) is 41.9 Å². The first-order chi connectivity index (χ1) is 9.20. The van der Waals surface area contributed by atoms with Gasteiger partial charge in [0.05, 0.1) is 0 Å². The van der Waals surface area contributed by atoms with Gasteiger partial charge in [0.2, 0.25) is 5.89 Å². The lowest BCUT2D eigenvalue weighted by atomic mass is 10.1. The molecule has 3 nitrogen and oxygen atoms in total. The molecule has 1 aromatic carbocycles. The Morgan fingerprint density at radius 3 is 2.68 bits per heavy atom. The fourth-order valence-corrected chi connectivity index (χ4v) is 2.83. The molecule has 1 aromatic heterocycles. The molecule has 3 heteroatoms. The maximum atomic E-state index is 5.43. The lowest BCUT2D eigenvalue weighted by Gasteiger charge is -2.01. The van der Waals surface area contributed by atoms with E-state index in [2.05, 4.69) is 48.3 Å². The van der Waals surface area contributed by atoms with Crippen LogP contribution in [0.15, 0.2) is 28.8 Å². The number of benzene rings is 1. The minimum atomic E-state index is 0.481. The third-order valence-corrected chi connectivity index (χ3v) is 4.01. The molecule has 0 spiro atoms. The lowest BCUT2D eigenvalue weighted by molar-refractivity contribution is 0.348. The highest BCUT2D eigenvalue weighted by molar-refractivity contribution is 5.23. The Labute approximate surface area is 114 Å². The number of aromatic nitrogens is 2. The van der Waals surface area contributed by atoms with Gasteiger partial charge in [-0.2, -0.15) is 4.98 Å². The van der Waals surface area contributed by atoms with Crippen LogP contribution in [0.5, 0.6) is 0 Å². The normalized spacial score (nSPS) is 22.8. The van der Waals surface area contributed by atoms with Gasteiger partial charge in [0.1, 0.15) is 0 Å². The molecule has 3 rings (SSSR count). The van der Waals surface area contributed by atoms with Gasteiger partial charge in [-0.15, -0.1) is 0 Å². The van der Waals surface area contributed by atoms with Gasteiger partial charge < -0.3 is 4.52 Å². The van der Waals surface area contributed by atoms with E-state index in [1.807, 2.05) is 0 Å². The van der Waals surface area contributed by atoms with Crippen LogP contribution in [0.3, 0.4) is 0 Å². The second kappa shape index (κ2) is 5.16. The van der Waals surface area contributed by atoms with E-state index in [-0.39, 0.29) is 0 Å². The van der Waals surface area contributed by atoms with Crippen LogP contribution >= 0.6 is 0 Å². The summed E-state index contributed by atoms with van der Waals surface area (Å²) in [7, 11) is 0. The van der Waals surface area contributed by atoms with E-state index < -0.39 is 0 Å². The largest absolute Gasteiger partial charge is 0.339 e. The Kier molecular flexibility index (Phi) is 3.36. The summed E-state index contributed by atoms with van der Waals surface area (Å²) in [6.45, 7) is 4.39. The van der Waals surface area contributed by atoms with Crippen LogP contribution in [0.1, 0.15) is 54.9 Å². The van der Waals surface area contributed by atoms with Crippen LogP contribution in [0.25, 0.3) is 0 Å². The highest BCUT2D eigenvalue weighted by atomic mass is 16.5. The summed E-state index contributed by atoms with van der Waals surface area (Å²) in [6.07, 6.45) is 4.41. The maximum absolute atomic E-state index is 5.43. The second-order valence-electron chi connectivity index (χ2n) is 5.83. The molecule has 1 saturated carbocycles. The molecule has 0 unspecified atom stereocenters. The molecular formula is C16H20N2O. The highest BCUT2D eigenvalue weighted by Crippen LogP contribution is 2.37. The summed E-state index contributed by atoms with van der Waals surface area (Å²) in [5, 5.41) is 4.12. The minimum Gasteiger partial charge on any atom is -0.339 e.